The predicted octanol–water partition coefficient (Wildman–Crippen LogP) is 1.90. The molecule has 2 N–H and O–H groups in total. The molecule has 0 bridgehead atoms. The number of amides is 1. The van der Waals surface area contributed by atoms with E-state index in [4.69, 9.17) is 5.73 Å². The highest BCUT2D eigenvalue weighted by atomic mass is 79.9. The minimum absolute atomic E-state index is 0.0301. The molecule has 1 amide bonds. The molecule has 2 atom stereocenters. The van der Waals surface area contributed by atoms with Crippen molar-refractivity contribution in [2.75, 3.05) is 25.0 Å². The minimum atomic E-state index is -0.420. The zero-order chi connectivity index (χ0) is 18.1. The van der Waals surface area contributed by atoms with Gasteiger partial charge in [0.2, 0.25) is 5.91 Å². The fourth-order valence-electron chi connectivity index (χ4n) is 3.32. The van der Waals surface area contributed by atoms with Crippen LogP contribution in [0.3, 0.4) is 0 Å². The number of carbonyl (C=O) groups is 1. The molecule has 0 radical (unpaired) electrons. The maximum Gasteiger partial charge on any atom is 0.239 e. The molecule has 1 fully saturated rings. The average molecular weight is 409 g/mol. The summed E-state index contributed by atoms with van der Waals surface area (Å²) >= 11 is 3.47. The molecule has 1 saturated heterocycles. The van der Waals surface area contributed by atoms with Crippen LogP contribution in [0.4, 0.5) is 5.82 Å². The summed E-state index contributed by atoms with van der Waals surface area (Å²) in [5.41, 5.74) is 6.86. The van der Waals surface area contributed by atoms with Gasteiger partial charge in [-0.15, -0.1) is 0 Å². The van der Waals surface area contributed by atoms with Crippen LogP contribution in [0.1, 0.15) is 26.7 Å². The first-order chi connectivity index (χ1) is 11.9. The van der Waals surface area contributed by atoms with E-state index in [2.05, 4.69) is 44.8 Å². The van der Waals surface area contributed by atoms with Crippen LogP contribution in [0, 0.1) is 5.92 Å². The number of nitrogens with two attached hydrogens (primary N) is 1. The normalized spacial score (nSPS) is 19.0. The van der Waals surface area contributed by atoms with E-state index in [0.29, 0.717) is 12.3 Å². The van der Waals surface area contributed by atoms with Crippen LogP contribution in [0.2, 0.25) is 0 Å². The molecule has 3 heterocycles. The second-order valence-corrected chi connectivity index (χ2v) is 7.97. The summed E-state index contributed by atoms with van der Waals surface area (Å²) in [4.78, 5) is 21.3. The number of hydrogen-bond acceptors (Lipinski definition) is 5. The summed E-state index contributed by atoms with van der Waals surface area (Å²) in [7, 11) is 1.86. The Labute approximate surface area is 156 Å². The number of carbonyl (C=O) groups excluding carboxylic acids is 1. The van der Waals surface area contributed by atoms with E-state index in [1.165, 1.54) is 0 Å². The molecule has 8 heteroatoms. The van der Waals surface area contributed by atoms with Gasteiger partial charge in [0.05, 0.1) is 22.8 Å². The molecule has 0 spiro atoms. The van der Waals surface area contributed by atoms with Crippen molar-refractivity contribution in [1.29, 1.82) is 0 Å². The van der Waals surface area contributed by atoms with E-state index in [-0.39, 0.29) is 11.9 Å². The van der Waals surface area contributed by atoms with Gasteiger partial charge in [-0.3, -0.25) is 4.79 Å². The first kappa shape index (κ1) is 18.1. The van der Waals surface area contributed by atoms with Crippen molar-refractivity contribution in [2.45, 2.75) is 38.8 Å². The molecule has 136 valence electrons. The van der Waals surface area contributed by atoms with E-state index in [1.807, 2.05) is 24.2 Å². The highest BCUT2D eigenvalue weighted by Gasteiger charge is 2.31. The predicted molar refractivity (Wildman–Crippen MR) is 102 cm³/mol. The smallest absolute Gasteiger partial charge is 0.239 e. The Balaban J connectivity index is 1.67. The summed E-state index contributed by atoms with van der Waals surface area (Å²) in [5, 5.41) is 4.22. The summed E-state index contributed by atoms with van der Waals surface area (Å²) in [5.74, 6) is 1.35. The van der Waals surface area contributed by atoms with Crippen LogP contribution in [-0.2, 0) is 4.79 Å². The van der Waals surface area contributed by atoms with Crippen molar-refractivity contribution in [3.63, 3.8) is 0 Å². The summed E-state index contributed by atoms with van der Waals surface area (Å²) in [6, 6.07) is 1.70. The molecule has 3 rings (SSSR count). The molecule has 2 aromatic rings. The topological polar surface area (TPSA) is 79.8 Å². The van der Waals surface area contributed by atoms with Gasteiger partial charge in [0.15, 0.2) is 5.65 Å². The Bertz CT molecular complexity index is 761. The second-order valence-electron chi connectivity index (χ2n) is 7.12. The highest BCUT2D eigenvalue weighted by Crippen LogP contribution is 2.24. The molecule has 25 heavy (non-hydrogen) atoms. The van der Waals surface area contributed by atoms with Crippen molar-refractivity contribution in [3.05, 3.63) is 22.9 Å². The van der Waals surface area contributed by atoms with Crippen LogP contribution in [0.25, 0.3) is 5.65 Å². The maximum atomic E-state index is 12.5. The van der Waals surface area contributed by atoms with Gasteiger partial charge in [-0.1, -0.05) is 13.8 Å². The Kier molecular flexibility index (Phi) is 5.29. The molecule has 2 unspecified atom stereocenters. The van der Waals surface area contributed by atoms with Crippen molar-refractivity contribution >= 4 is 33.3 Å². The zero-order valence-electron chi connectivity index (χ0n) is 14.9. The van der Waals surface area contributed by atoms with Crippen molar-refractivity contribution in [3.8, 4) is 0 Å². The second kappa shape index (κ2) is 7.29. The molecule has 1 aliphatic rings. The number of fused-ring (bicyclic) bond motifs is 1. The Morgan fingerprint density at radius 1 is 1.52 bits per heavy atom. The van der Waals surface area contributed by atoms with Crippen LogP contribution in [0.15, 0.2) is 22.9 Å². The number of anilines is 1. The van der Waals surface area contributed by atoms with Gasteiger partial charge in [-0.05, 0) is 40.8 Å². The van der Waals surface area contributed by atoms with E-state index in [9.17, 15) is 4.79 Å². The molecular formula is C17H25BrN6O. The van der Waals surface area contributed by atoms with Gasteiger partial charge in [0.1, 0.15) is 5.82 Å². The third-order valence-corrected chi connectivity index (χ3v) is 5.30. The van der Waals surface area contributed by atoms with Gasteiger partial charge in [0.25, 0.3) is 0 Å². The lowest BCUT2D eigenvalue weighted by Crippen LogP contribution is -2.47. The lowest BCUT2D eigenvalue weighted by molar-refractivity contribution is -0.133. The van der Waals surface area contributed by atoms with Gasteiger partial charge >= 0.3 is 0 Å². The molecular weight excluding hydrogens is 384 g/mol. The number of aromatic nitrogens is 3. The first-order valence-corrected chi connectivity index (χ1v) is 9.43. The average Bonchev–Trinajstić information content (AvgIpc) is 3.20. The first-order valence-electron chi connectivity index (χ1n) is 8.64. The van der Waals surface area contributed by atoms with E-state index in [0.717, 1.165) is 35.4 Å². The number of rotatable bonds is 5. The number of halogens is 1. The van der Waals surface area contributed by atoms with E-state index in [1.54, 1.807) is 10.7 Å². The summed E-state index contributed by atoms with van der Waals surface area (Å²) < 4.78 is 2.61. The van der Waals surface area contributed by atoms with Gasteiger partial charge in [-0.25, -0.2) is 9.50 Å². The van der Waals surface area contributed by atoms with Gasteiger partial charge < -0.3 is 15.5 Å². The van der Waals surface area contributed by atoms with Crippen molar-refractivity contribution in [2.24, 2.45) is 11.7 Å². The van der Waals surface area contributed by atoms with Crippen molar-refractivity contribution < 1.29 is 4.79 Å². The summed E-state index contributed by atoms with van der Waals surface area (Å²) in [6.07, 6.45) is 5.28. The minimum Gasteiger partial charge on any atom is -0.354 e. The molecule has 0 aromatic carbocycles. The lowest BCUT2D eigenvalue weighted by atomic mass is 10.0. The van der Waals surface area contributed by atoms with Gasteiger partial charge in [-0.2, -0.15) is 5.10 Å². The molecule has 7 nitrogen and oxygen atoms in total. The fourth-order valence-corrected chi connectivity index (χ4v) is 3.69. The quantitative estimate of drug-likeness (QED) is 0.816. The zero-order valence-corrected chi connectivity index (χ0v) is 16.5. The van der Waals surface area contributed by atoms with Gasteiger partial charge in [0, 0.05) is 26.3 Å². The third kappa shape index (κ3) is 3.79. The fraction of sp³-hybridized carbons (Fsp3) is 0.588. The third-order valence-electron chi connectivity index (χ3n) is 4.74. The number of nitrogens with zero attached hydrogens (tertiary/aromatic N) is 5. The maximum absolute atomic E-state index is 12.5. The van der Waals surface area contributed by atoms with Crippen LogP contribution < -0.4 is 10.6 Å². The standard InChI is InChI=1S/C17H25BrN6O/c1-11(2)8-14(19)17(25)22(3)12-4-6-23(10-12)15-5-7-24-16(21-15)13(18)9-20-24/h5,7,9,11-12,14H,4,6,8,10,19H2,1-3H3. The number of likely N-dealkylation sites (N-methyl/N-ethyl adjacent to an activating group) is 1. The van der Waals surface area contributed by atoms with E-state index >= 15 is 0 Å². The SMILES string of the molecule is CC(C)CC(N)C(=O)N(C)C1CCN(c2ccn3ncc(Br)c3n2)C1. The highest BCUT2D eigenvalue weighted by molar-refractivity contribution is 9.10. The van der Waals surface area contributed by atoms with E-state index < -0.39 is 6.04 Å². The Hall–Kier alpha value is -1.67. The van der Waals surface area contributed by atoms with Crippen LogP contribution >= 0.6 is 15.9 Å². The Morgan fingerprint density at radius 2 is 2.28 bits per heavy atom. The van der Waals surface area contributed by atoms with Crippen LogP contribution in [0.5, 0.6) is 0 Å². The van der Waals surface area contributed by atoms with Crippen LogP contribution in [-0.4, -0.2) is 57.6 Å². The largest absolute Gasteiger partial charge is 0.354 e. The lowest BCUT2D eigenvalue weighted by Gasteiger charge is -2.28. The summed E-state index contributed by atoms with van der Waals surface area (Å²) in [6.45, 7) is 5.81. The molecule has 1 aliphatic heterocycles. The number of hydrogen-bond donors (Lipinski definition) is 1. The van der Waals surface area contributed by atoms with Crippen molar-refractivity contribution in [1.82, 2.24) is 19.5 Å². The molecule has 2 aromatic heterocycles. The monoisotopic (exact) mass is 408 g/mol. The Morgan fingerprint density at radius 3 is 3.00 bits per heavy atom. The molecule has 0 aliphatic carbocycles. The molecule has 0 saturated carbocycles.